The molecular formula is C39H48N4O2. The zero-order chi connectivity index (χ0) is 32.3. The van der Waals surface area contributed by atoms with E-state index in [4.69, 9.17) is 0 Å². The van der Waals surface area contributed by atoms with Gasteiger partial charge < -0.3 is 9.80 Å². The van der Waals surface area contributed by atoms with Crippen LogP contribution in [-0.4, -0.2) is 96.9 Å². The zero-order valence-electron chi connectivity index (χ0n) is 28.0. The van der Waals surface area contributed by atoms with Crippen LogP contribution in [0.4, 0.5) is 0 Å². The lowest BCUT2D eigenvalue weighted by Gasteiger charge is -2.36. The highest BCUT2D eigenvalue weighted by Gasteiger charge is 2.21. The Hall–Kier alpha value is -4.10. The maximum Gasteiger partial charge on any atom is 0.247 e. The summed E-state index contributed by atoms with van der Waals surface area (Å²) in [5, 5.41) is 0. The largest absolute Gasteiger partial charge is 0.337 e. The summed E-state index contributed by atoms with van der Waals surface area (Å²) in [6, 6.07) is 8.37. The Morgan fingerprint density at radius 1 is 0.578 bits per heavy atom. The third-order valence-corrected chi connectivity index (χ3v) is 9.22. The van der Waals surface area contributed by atoms with Crippen molar-refractivity contribution in [3.63, 3.8) is 0 Å². The molecule has 6 heteroatoms. The molecule has 0 bridgehead atoms. The van der Waals surface area contributed by atoms with E-state index in [1.54, 1.807) is 24.3 Å². The van der Waals surface area contributed by atoms with Gasteiger partial charge >= 0.3 is 0 Å². The molecule has 45 heavy (non-hydrogen) atoms. The highest BCUT2D eigenvalue weighted by Crippen LogP contribution is 2.15. The topological polar surface area (TPSA) is 47.1 Å². The molecule has 0 aromatic heterocycles. The molecule has 2 heterocycles. The third-order valence-electron chi connectivity index (χ3n) is 9.22. The summed E-state index contributed by atoms with van der Waals surface area (Å²) in [4.78, 5) is 34.0. The van der Waals surface area contributed by atoms with E-state index in [2.05, 4.69) is 99.3 Å². The minimum atomic E-state index is 0.0333. The first-order valence-corrected chi connectivity index (χ1v) is 16.1. The fraction of sp³-hybridized carbons (Fsp3) is 0.436. The van der Waals surface area contributed by atoms with Crippen molar-refractivity contribution in [1.29, 1.82) is 0 Å². The summed E-state index contributed by atoms with van der Waals surface area (Å²) in [7, 11) is 0. The van der Waals surface area contributed by atoms with Gasteiger partial charge in [-0.2, -0.15) is 0 Å². The Morgan fingerprint density at radius 2 is 0.911 bits per heavy atom. The summed E-state index contributed by atoms with van der Waals surface area (Å²) in [6.45, 7) is 21.3. The van der Waals surface area contributed by atoms with Gasteiger partial charge in [0.25, 0.3) is 0 Å². The fourth-order valence-electron chi connectivity index (χ4n) is 5.80. The minimum absolute atomic E-state index is 0.0333. The Morgan fingerprint density at radius 3 is 1.24 bits per heavy atom. The second-order valence-electron chi connectivity index (χ2n) is 12.4. The first-order chi connectivity index (χ1) is 21.6. The van der Waals surface area contributed by atoms with Crippen LogP contribution in [0.2, 0.25) is 0 Å². The van der Waals surface area contributed by atoms with Crippen LogP contribution in [0.15, 0.2) is 48.6 Å². The molecule has 2 fully saturated rings. The number of carbonyl (C=O) groups is 2. The van der Waals surface area contributed by atoms with Crippen LogP contribution in [0.1, 0.15) is 50.9 Å². The van der Waals surface area contributed by atoms with Crippen LogP contribution < -0.4 is 0 Å². The van der Waals surface area contributed by atoms with Crippen LogP contribution in [0, 0.1) is 65.2 Å². The van der Waals surface area contributed by atoms with E-state index in [9.17, 15) is 9.59 Å². The van der Waals surface area contributed by atoms with Crippen molar-refractivity contribution < 1.29 is 9.59 Å². The number of carbonyl (C=O) groups excluding carboxylic acids is 2. The van der Waals surface area contributed by atoms with Crippen molar-refractivity contribution in [3.05, 3.63) is 93.1 Å². The minimum Gasteiger partial charge on any atom is -0.337 e. The summed E-state index contributed by atoms with van der Waals surface area (Å²) < 4.78 is 0. The Bertz CT molecular complexity index is 1400. The number of allylic oxidation sites excluding steroid dienone is 2. The normalized spacial score (nSPS) is 16.0. The first-order valence-electron chi connectivity index (χ1n) is 16.1. The molecule has 2 aliphatic heterocycles. The van der Waals surface area contributed by atoms with Gasteiger partial charge in [0.1, 0.15) is 0 Å². The van der Waals surface area contributed by atoms with Gasteiger partial charge in [-0.3, -0.25) is 19.4 Å². The van der Waals surface area contributed by atoms with Gasteiger partial charge in [-0.1, -0.05) is 23.7 Å². The molecule has 0 N–H and O–H groups in total. The van der Waals surface area contributed by atoms with Crippen molar-refractivity contribution in [2.24, 2.45) is 0 Å². The molecule has 2 aliphatic rings. The molecule has 0 spiro atoms. The second kappa shape index (κ2) is 16.3. The van der Waals surface area contributed by atoms with E-state index < -0.39 is 0 Å². The lowest BCUT2D eigenvalue weighted by atomic mass is 10.0. The molecule has 236 valence electrons. The quantitative estimate of drug-likeness (QED) is 0.354. The zero-order valence-corrected chi connectivity index (χ0v) is 28.0. The van der Waals surface area contributed by atoms with Gasteiger partial charge in [-0.25, -0.2) is 0 Å². The van der Waals surface area contributed by atoms with Crippen LogP contribution in [-0.2, 0) is 9.59 Å². The Labute approximate surface area is 270 Å². The van der Waals surface area contributed by atoms with Gasteiger partial charge in [0.15, 0.2) is 0 Å². The average molecular weight is 605 g/mol. The van der Waals surface area contributed by atoms with Crippen molar-refractivity contribution in [2.45, 2.75) is 48.0 Å². The van der Waals surface area contributed by atoms with Crippen LogP contribution in [0.25, 0.3) is 0 Å². The van der Waals surface area contributed by atoms with Crippen molar-refractivity contribution >= 4 is 11.8 Å². The molecule has 0 radical (unpaired) electrons. The third kappa shape index (κ3) is 9.95. The summed E-state index contributed by atoms with van der Waals surface area (Å²) >= 11 is 0. The van der Waals surface area contributed by atoms with Gasteiger partial charge in [0.05, 0.1) is 0 Å². The molecule has 4 rings (SSSR count). The Kier molecular flexibility index (Phi) is 12.2. The number of hydrogen-bond acceptors (Lipinski definition) is 4. The molecule has 0 aliphatic carbocycles. The molecule has 2 aromatic rings. The SMILES string of the molecule is Cc1cc(C#C/C=C/C(=O)N2CCN(CCCN3CCN(C(=O)/C=C/C#Cc4cc(C)c(C)c(C)c4)CC3)CC2)cc(C)c1C. The molecule has 6 nitrogen and oxygen atoms in total. The van der Waals surface area contributed by atoms with Crippen LogP contribution in [0.3, 0.4) is 0 Å². The maximum atomic E-state index is 12.6. The van der Waals surface area contributed by atoms with Gasteiger partial charge in [0.2, 0.25) is 11.8 Å². The first kappa shape index (κ1) is 33.8. The van der Waals surface area contributed by atoms with Crippen molar-refractivity contribution in [2.75, 3.05) is 65.4 Å². The molecular weight excluding hydrogens is 556 g/mol. The van der Waals surface area contributed by atoms with E-state index in [1.165, 1.54) is 33.4 Å². The van der Waals surface area contributed by atoms with E-state index >= 15 is 0 Å². The van der Waals surface area contributed by atoms with Crippen molar-refractivity contribution in [1.82, 2.24) is 19.6 Å². The molecule has 2 amide bonds. The lowest BCUT2D eigenvalue weighted by molar-refractivity contribution is -0.128. The average Bonchev–Trinajstić information content (AvgIpc) is 3.03. The predicted molar refractivity (Wildman–Crippen MR) is 184 cm³/mol. The smallest absolute Gasteiger partial charge is 0.247 e. The number of hydrogen-bond donors (Lipinski definition) is 0. The Balaban J connectivity index is 1.10. The number of rotatable bonds is 6. The summed E-state index contributed by atoms with van der Waals surface area (Å²) in [5.74, 6) is 12.4. The predicted octanol–water partition coefficient (Wildman–Crippen LogP) is 4.73. The van der Waals surface area contributed by atoms with E-state index in [-0.39, 0.29) is 11.8 Å². The highest BCUT2D eigenvalue weighted by molar-refractivity contribution is 5.88. The van der Waals surface area contributed by atoms with Gasteiger partial charge in [-0.05, 0) is 131 Å². The van der Waals surface area contributed by atoms with E-state index in [1.807, 2.05) is 9.80 Å². The van der Waals surface area contributed by atoms with E-state index in [0.29, 0.717) is 0 Å². The van der Waals surface area contributed by atoms with Crippen LogP contribution in [0.5, 0.6) is 0 Å². The van der Waals surface area contributed by atoms with Gasteiger partial charge in [-0.15, -0.1) is 0 Å². The molecule has 0 atom stereocenters. The fourth-order valence-corrected chi connectivity index (χ4v) is 5.80. The summed E-state index contributed by atoms with van der Waals surface area (Å²) in [6.07, 6.45) is 7.62. The lowest BCUT2D eigenvalue weighted by Crippen LogP contribution is -2.50. The van der Waals surface area contributed by atoms with Crippen LogP contribution >= 0.6 is 0 Å². The van der Waals surface area contributed by atoms with Gasteiger partial charge in [0, 0.05) is 75.6 Å². The summed E-state index contributed by atoms with van der Waals surface area (Å²) in [5.41, 5.74) is 9.51. The molecule has 0 unspecified atom stereocenters. The number of nitrogens with zero attached hydrogens (tertiary/aromatic N) is 4. The standard InChI is InChI=1S/C39H48N4O2/c1-30-26-36(27-31(2)34(30)5)12-7-9-14-38(44)42-22-18-40(19-23-42)16-11-17-41-20-24-43(25-21-41)39(45)15-10-8-13-37-28-32(3)35(6)33(4)29-37/h9-10,14-15,26-29H,11,16-25H2,1-6H3/b14-9+,15-10+. The number of amides is 2. The van der Waals surface area contributed by atoms with E-state index in [0.717, 1.165) is 83.0 Å². The molecule has 2 aromatic carbocycles. The number of aryl methyl sites for hydroxylation is 4. The number of benzene rings is 2. The highest BCUT2D eigenvalue weighted by atomic mass is 16.2. The second-order valence-corrected chi connectivity index (χ2v) is 12.4. The monoisotopic (exact) mass is 604 g/mol. The molecule has 2 saturated heterocycles. The van der Waals surface area contributed by atoms with Crippen molar-refractivity contribution in [3.8, 4) is 23.7 Å². The maximum absolute atomic E-state index is 12.6. The molecule has 0 saturated carbocycles. The number of piperazine rings is 2.